The van der Waals surface area contributed by atoms with E-state index in [1.807, 2.05) is 36.1 Å². The molecular formula is C15H21NO4. The van der Waals surface area contributed by atoms with E-state index in [2.05, 4.69) is 0 Å². The molecule has 20 heavy (non-hydrogen) atoms. The molecule has 1 atom stereocenters. The molecule has 5 heteroatoms. The van der Waals surface area contributed by atoms with Crippen molar-refractivity contribution < 1.29 is 19.8 Å². The Morgan fingerprint density at radius 3 is 2.55 bits per heavy atom. The van der Waals surface area contributed by atoms with Crippen LogP contribution < -0.4 is 4.90 Å². The fourth-order valence-corrected chi connectivity index (χ4v) is 1.98. The average Bonchev–Trinajstić information content (AvgIpc) is 2.36. The molecule has 1 aromatic rings. The number of hydrogen-bond donors (Lipinski definition) is 2. The van der Waals surface area contributed by atoms with Crippen molar-refractivity contribution in [1.82, 2.24) is 0 Å². The van der Waals surface area contributed by atoms with E-state index in [0.717, 1.165) is 11.3 Å². The van der Waals surface area contributed by atoms with Crippen molar-refractivity contribution in [2.75, 3.05) is 18.0 Å². The van der Waals surface area contributed by atoms with Gasteiger partial charge < -0.3 is 15.1 Å². The van der Waals surface area contributed by atoms with Crippen molar-refractivity contribution in [1.29, 1.82) is 0 Å². The Hall–Kier alpha value is -2.04. The minimum absolute atomic E-state index is 0.0871. The first-order valence-corrected chi connectivity index (χ1v) is 6.66. The van der Waals surface area contributed by atoms with Gasteiger partial charge in [0.15, 0.2) is 0 Å². The van der Waals surface area contributed by atoms with Crippen LogP contribution in [-0.4, -0.2) is 35.2 Å². The zero-order chi connectivity index (χ0) is 15.1. The van der Waals surface area contributed by atoms with E-state index in [1.165, 1.54) is 0 Å². The predicted octanol–water partition coefficient (Wildman–Crippen LogP) is 2.39. The Kier molecular flexibility index (Phi) is 6.03. The molecule has 0 aromatic heterocycles. The van der Waals surface area contributed by atoms with Crippen LogP contribution >= 0.6 is 0 Å². The lowest BCUT2D eigenvalue weighted by Crippen LogP contribution is -2.33. The summed E-state index contributed by atoms with van der Waals surface area (Å²) >= 11 is 0. The van der Waals surface area contributed by atoms with Crippen molar-refractivity contribution in [3.8, 4) is 0 Å². The summed E-state index contributed by atoms with van der Waals surface area (Å²) in [6.07, 6.45) is 0.583. The molecule has 5 nitrogen and oxygen atoms in total. The molecule has 0 saturated carbocycles. The number of anilines is 1. The van der Waals surface area contributed by atoms with E-state index < -0.39 is 17.9 Å². The largest absolute Gasteiger partial charge is 0.481 e. The lowest BCUT2D eigenvalue weighted by Gasteiger charge is -2.26. The molecule has 0 aliphatic carbocycles. The second-order valence-electron chi connectivity index (χ2n) is 5.02. The third-order valence-electron chi connectivity index (χ3n) is 3.10. The minimum Gasteiger partial charge on any atom is -0.481 e. The molecule has 1 aromatic carbocycles. The molecule has 0 aliphatic heterocycles. The van der Waals surface area contributed by atoms with E-state index in [9.17, 15) is 9.59 Å². The van der Waals surface area contributed by atoms with Gasteiger partial charge in [0.2, 0.25) is 0 Å². The van der Waals surface area contributed by atoms with Gasteiger partial charge in [-0.25, -0.2) is 0 Å². The van der Waals surface area contributed by atoms with Crippen LogP contribution in [0.1, 0.15) is 25.3 Å². The van der Waals surface area contributed by atoms with Gasteiger partial charge in [-0.1, -0.05) is 19.1 Å². The monoisotopic (exact) mass is 279 g/mol. The molecular weight excluding hydrogens is 258 g/mol. The molecule has 0 aliphatic rings. The second-order valence-corrected chi connectivity index (χ2v) is 5.02. The van der Waals surface area contributed by atoms with Crippen molar-refractivity contribution in [2.45, 2.75) is 26.7 Å². The number of benzene rings is 1. The summed E-state index contributed by atoms with van der Waals surface area (Å²) in [7, 11) is 0. The Labute approximate surface area is 118 Å². The minimum atomic E-state index is -0.846. The normalized spacial score (nSPS) is 11.9. The quantitative estimate of drug-likeness (QED) is 0.764. The molecule has 0 amide bonds. The topological polar surface area (TPSA) is 77.8 Å². The highest BCUT2D eigenvalue weighted by atomic mass is 16.4. The summed E-state index contributed by atoms with van der Waals surface area (Å²) in [5.41, 5.74) is 2.03. The Balaban J connectivity index is 2.77. The van der Waals surface area contributed by atoms with Gasteiger partial charge >= 0.3 is 11.9 Å². The van der Waals surface area contributed by atoms with Gasteiger partial charge in [0.05, 0.1) is 5.92 Å². The number of rotatable bonds is 8. The molecule has 1 unspecified atom stereocenters. The number of nitrogens with zero attached hydrogens (tertiary/aromatic N) is 1. The highest BCUT2D eigenvalue weighted by Gasteiger charge is 2.17. The van der Waals surface area contributed by atoms with Crippen LogP contribution in [0.3, 0.4) is 0 Å². The Bertz CT molecular complexity index is 473. The Morgan fingerprint density at radius 2 is 2.00 bits per heavy atom. The van der Waals surface area contributed by atoms with Gasteiger partial charge in [0, 0.05) is 25.2 Å². The molecule has 0 heterocycles. The van der Waals surface area contributed by atoms with E-state index >= 15 is 0 Å². The summed E-state index contributed by atoms with van der Waals surface area (Å²) in [5, 5.41) is 17.7. The highest BCUT2D eigenvalue weighted by Crippen LogP contribution is 2.18. The number of carboxylic acids is 2. The lowest BCUT2D eigenvalue weighted by atomic mass is 10.1. The van der Waals surface area contributed by atoms with Crippen molar-refractivity contribution in [3.63, 3.8) is 0 Å². The van der Waals surface area contributed by atoms with Crippen molar-refractivity contribution in [3.05, 3.63) is 29.8 Å². The maximum atomic E-state index is 11.0. The Morgan fingerprint density at radius 1 is 1.30 bits per heavy atom. The van der Waals surface area contributed by atoms with Crippen LogP contribution in [0.15, 0.2) is 24.3 Å². The summed E-state index contributed by atoms with van der Waals surface area (Å²) in [4.78, 5) is 23.5. The molecule has 0 radical (unpaired) electrons. The fraction of sp³-hybridized carbons (Fsp3) is 0.467. The van der Waals surface area contributed by atoms with Crippen LogP contribution in [0.2, 0.25) is 0 Å². The summed E-state index contributed by atoms with van der Waals surface area (Å²) in [6.45, 7) is 4.54. The van der Waals surface area contributed by atoms with Gasteiger partial charge in [-0.05, 0) is 31.0 Å². The SMILES string of the molecule is Cc1cccc(N(CCCC(=O)O)CC(C)C(=O)O)c1. The molecule has 2 N–H and O–H groups in total. The number of aliphatic carboxylic acids is 2. The number of aryl methyl sites for hydroxylation is 1. The van der Waals surface area contributed by atoms with Gasteiger partial charge in [-0.3, -0.25) is 9.59 Å². The average molecular weight is 279 g/mol. The molecule has 1 rings (SSSR count). The summed E-state index contributed by atoms with van der Waals surface area (Å²) in [5.74, 6) is -2.18. The number of carbonyl (C=O) groups is 2. The van der Waals surface area contributed by atoms with Crippen LogP contribution in [0, 0.1) is 12.8 Å². The van der Waals surface area contributed by atoms with E-state index in [0.29, 0.717) is 19.5 Å². The van der Waals surface area contributed by atoms with Crippen molar-refractivity contribution >= 4 is 17.6 Å². The van der Waals surface area contributed by atoms with Crippen LogP contribution in [0.5, 0.6) is 0 Å². The molecule has 0 spiro atoms. The van der Waals surface area contributed by atoms with Gasteiger partial charge in [-0.2, -0.15) is 0 Å². The molecule has 0 saturated heterocycles. The highest BCUT2D eigenvalue weighted by molar-refractivity contribution is 5.70. The molecule has 0 bridgehead atoms. The van der Waals surface area contributed by atoms with Gasteiger partial charge in [-0.15, -0.1) is 0 Å². The maximum Gasteiger partial charge on any atom is 0.308 e. The van der Waals surface area contributed by atoms with E-state index in [-0.39, 0.29) is 6.42 Å². The van der Waals surface area contributed by atoms with Crippen molar-refractivity contribution in [2.24, 2.45) is 5.92 Å². The standard InChI is InChI=1S/C15H21NO4/c1-11-5-3-6-13(9-11)16(8-4-7-14(17)18)10-12(2)15(19)20/h3,5-6,9,12H,4,7-8,10H2,1-2H3,(H,17,18)(H,19,20). The summed E-state index contributed by atoms with van der Waals surface area (Å²) in [6, 6.07) is 7.79. The molecule has 0 fully saturated rings. The second kappa shape index (κ2) is 7.53. The zero-order valence-electron chi connectivity index (χ0n) is 11.9. The summed E-state index contributed by atoms with van der Waals surface area (Å²) < 4.78 is 0. The zero-order valence-corrected chi connectivity index (χ0v) is 11.9. The van der Waals surface area contributed by atoms with E-state index in [1.54, 1.807) is 6.92 Å². The lowest BCUT2D eigenvalue weighted by molar-refractivity contribution is -0.141. The maximum absolute atomic E-state index is 11.0. The van der Waals surface area contributed by atoms with Crippen LogP contribution in [0.4, 0.5) is 5.69 Å². The van der Waals surface area contributed by atoms with Crippen LogP contribution in [0.25, 0.3) is 0 Å². The predicted molar refractivity (Wildman–Crippen MR) is 77.1 cm³/mol. The van der Waals surface area contributed by atoms with Gasteiger partial charge in [0.1, 0.15) is 0 Å². The third kappa shape index (κ3) is 5.30. The number of hydrogen-bond acceptors (Lipinski definition) is 3. The number of carboxylic acid groups (broad SMARTS) is 2. The van der Waals surface area contributed by atoms with Gasteiger partial charge in [0.25, 0.3) is 0 Å². The van der Waals surface area contributed by atoms with Crippen LogP contribution in [-0.2, 0) is 9.59 Å². The third-order valence-corrected chi connectivity index (χ3v) is 3.10. The smallest absolute Gasteiger partial charge is 0.308 e. The first-order chi connectivity index (χ1) is 9.40. The fourth-order valence-electron chi connectivity index (χ4n) is 1.98. The first-order valence-electron chi connectivity index (χ1n) is 6.66. The van der Waals surface area contributed by atoms with E-state index in [4.69, 9.17) is 10.2 Å². The molecule has 110 valence electrons. The first kappa shape index (κ1) is 16.0.